The zero-order chi connectivity index (χ0) is 24.4. The molecule has 0 radical (unpaired) electrons. The Balaban J connectivity index is 1.09. The van der Waals surface area contributed by atoms with E-state index in [1.165, 1.54) is 44.2 Å². The van der Waals surface area contributed by atoms with Gasteiger partial charge < -0.3 is 20.7 Å². The first kappa shape index (κ1) is 22.3. The van der Waals surface area contributed by atoms with Crippen molar-refractivity contribution in [3.63, 3.8) is 0 Å². The summed E-state index contributed by atoms with van der Waals surface area (Å²) < 4.78 is 7.80. The van der Waals surface area contributed by atoms with E-state index in [2.05, 4.69) is 55.4 Å². The molecule has 36 heavy (non-hydrogen) atoms. The third-order valence-electron chi connectivity index (χ3n) is 9.15. The summed E-state index contributed by atoms with van der Waals surface area (Å²) in [5, 5.41) is 8.22. The number of nitrogens with zero attached hydrogens (tertiary/aromatic N) is 6. The molecule has 4 heterocycles. The minimum Gasteiger partial charge on any atom is -0.496 e. The molecule has 0 amide bonds. The number of hydrogen-bond donors (Lipinski definition) is 2. The predicted octanol–water partition coefficient (Wildman–Crippen LogP) is 2.96. The molecular weight excluding hydrogens is 452 g/mol. The van der Waals surface area contributed by atoms with Crippen molar-refractivity contribution in [2.45, 2.75) is 57.3 Å². The number of nitrogen functional groups attached to an aromatic ring is 1. The third-order valence-corrected chi connectivity index (χ3v) is 9.15. The second-order valence-electron chi connectivity index (χ2n) is 11.7. The second kappa shape index (κ2) is 8.31. The number of likely N-dealkylation sites (N-methyl/N-ethyl adjacent to an activating group) is 1. The van der Waals surface area contributed by atoms with Gasteiger partial charge >= 0.3 is 0 Å². The average molecular weight is 489 g/mol. The molecule has 2 aromatic heterocycles. The molecule has 3 aromatic rings. The number of ether oxygens (including phenoxy) is 1. The molecule has 2 aliphatic heterocycles. The molecule has 190 valence electrons. The highest BCUT2D eigenvalue weighted by Gasteiger charge is 2.52. The van der Waals surface area contributed by atoms with Crippen LogP contribution in [0.25, 0.3) is 11.0 Å². The topological polar surface area (TPSA) is 97.4 Å². The molecule has 2 bridgehead atoms. The van der Waals surface area contributed by atoms with E-state index in [-0.39, 0.29) is 5.95 Å². The van der Waals surface area contributed by atoms with Gasteiger partial charge in [-0.15, -0.1) is 0 Å². The van der Waals surface area contributed by atoms with Gasteiger partial charge in [0.25, 0.3) is 0 Å². The van der Waals surface area contributed by atoms with Crippen molar-refractivity contribution in [2.75, 3.05) is 44.8 Å². The number of aromatic nitrogens is 4. The molecule has 2 atom stereocenters. The fourth-order valence-corrected chi connectivity index (χ4v) is 6.95. The SMILES string of the molecule is COc1cc(CN2C[C@H]3C[C@@H]2CN3C)ccc1Cn1ncc2nc(N)nc(NCC3CC4(CC4)C3)c21. The van der Waals surface area contributed by atoms with E-state index in [0.717, 1.165) is 47.8 Å². The number of nitrogens with two attached hydrogens (primary N) is 1. The summed E-state index contributed by atoms with van der Waals surface area (Å²) in [6, 6.07) is 7.99. The van der Waals surface area contributed by atoms with Crippen LogP contribution in [-0.4, -0.2) is 75.4 Å². The van der Waals surface area contributed by atoms with Crippen LogP contribution < -0.4 is 15.8 Å². The molecule has 1 aromatic carbocycles. The van der Waals surface area contributed by atoms with Gasteiger partial charge in [0.05, 0.1) is 19.9 Å². The van der Waals surface area contributed by atoms with Crippen molar-refractivity contribution in [3.8, 4) is 5.75 Å². The first-order chi connectivity index (χ1) is 17.5. The van der Waals surface area contributed by atoms with E-state index in [1.807, 2.05) is 4.68 Å². The molecule has 1 spiro atoms. The molecule has 9 heteroatoms. The monoisotopic (exact) mass is 488 g/mol. The number of benzene rings is 1. The third kappa shape index (κ3) is 3.89. The number of methoxy groups -OCH3 is 1. The van der Waals surface area contributed by atoms with Crippen LogP contribution in [-0.2, 0) is 13.1 Å². The number of nitrogens with one attached hydrogen (secondary N) is 1. The number of rotatable bonds is 8. The van der Waals surface area contributed by atoms with Gasteiger partial charge in [0.2, 0.25) is 5.95 Å². The van der Waals surface area contributed by atoms with E-state index in [4.69, 9.17) is 10.5 Å². The van der Waals surface area contributed by atoms with Gasteiger partial charge in [0, 0.05) is 43.8 Å². The summed E-state index contributed by atoms with van der Waals surface area (Å²) in [5.41, 5.74) is 10.8. The minimum atomic E-state index is 0.278. The van der Waals surface area contributed by atoms with Crippen molar-refractivity contribution in [3.05, 3.63) is 35.5 Å². The lowest BCUT2D eigenvalue weighted by Gasteiger charge is -2.36. The number of anilines is 2. The lowest BCUT2D eigenvalue weighted by atomic mass is 9.72. The Kier molecular flexibility index (Phi) is 5.15. The molecular formula is C27H36N8O. The van der Waals surface area contributed by atoms with Crippen molar-refractivity contribution in [2.24, 2.45) is 11.3 Å². The first-order valence-electron chi connectivity index (χ1n) is 13.3. The summed E-state index contributed by atoms with van der Waals surface area (Å²) in [7, 11) is 3.99. The normalized spacial score (nSPS) is 25.1. The summed E-state index contributed by atoms with van der Waals surface area (Å²) in [6.45, 7) is 4.81. The summed E-state index contributed by atoms with van der Waals surface area (Å²) in [4.78, 5) is 14.1. The van der Waals surface area contributed by atoms with Gasteiger partial charge in [-0.1, -0.05) is 12.1 Å². The molecule has 2 saturated carbocycles. The van der Waals surface area contributed by atoms with Gasteiger partial charge in [0.15, 0.2) is 5.82 Å². The molecule has 4 aliphatic rings. The van der Waals surface area contributed by atoms with Crippen molar-refractivity contribution >= 4 is 22.8 Å². The maximum atomic E-state index is 6.03. The maximum Gasteiger partial charge on any atom is 0.222 e. The van der Waals surface area contributed by atoms with E-state index in [9.17, 15) is 0 Å². The zero-order valence-corrected chi connectivity index (χ0v) is 21.3. The van der Waals surface area contributed by atoms with Gasteiger partial charge in [-0.05, 0) is 62.1 Å². The Morgan fingerprint density at radius 3 is 2.72 bits per heavy atom. The van der Waals surface area contributed by atoms with Crippen LogP contribution >= 0.6 is 0 Å². The highest BCUT2D eigenvalue weighted by atomic mass is 16.5. The van der Waals surface area contributed by atoms with Crippen molar-refractivity contribution in [1.29, 1.82) is 0 Å². The lowest BCUT2D eigenvalue weighted by molar-refractivity contribution is 0.143. The highest BCUT2D eigenvalue weighted by molar-refractivity contribution is 5.86. The van der Waals surface area contributed by atoms with Gasteiger partial charge in [-0.3, -0.25) is 9.58 Å². The molecule has 4 fully saturated rings. The molecule has 0 unspecified atom stereocenters. The Morgan fingerprint density at radius 2 is 2.00 bits per heavy atom. The highest BCUT2D eigenvalue weighted by Crippen LogP contribution is 2.63. The Hall–Kier alpha value is -2.91. The van der Waals surface area contributed by atoms with E-state index < -0.39 is 0 Å². The Bertz CT molecular complexity index is 1290. The number of piperazine rings is 1. The van der Waals surface area contributed by atoms with Crippen LogP contribution in [0.2, 0.25) is 0 Å². The van der Waals surface area contributed by atoms with Gasteiger partial charge in [0.1, 0.15) is 16.8 Å². The smallest absolute Gasteiger partial charge is 0.222 e. The van der Waals surface area contributed by atoms with E-state index in [1.54, 1.807) is 13.3 Å². The second-order valence-corrected chi connectivity index (χ2v) is 11.7. The van der Waals surface area contributed by atoms with Crippen LogP contribution in [0.1, 0.15) is 43.2 Å². The molecule has 2 saturated heterocycles. The summed E-state index contributed by atoms with van der Waals surface area (Å²) >= 11 is 0. The average Bonchev–Trinajstić information content (AvgIpc) is 3.21. The molecule has 9 nitrogen and oxygen atoms in total. The molecule has 2 aliphatic carbocycles. The Morgan fingerprint density at radius 1 is 1.14 bits per heavy atom. The fourth-order valence-electron chi connectivity index (χ4n) is 6.95. The van der Waals surface area contributed by atoms with Crippen LogP contribution in [0.4, 0.5) is 11.8 Å². The Labute approximate surface area is 212 Å². The number of likely N-dealkylation sites (tertiary alicyclic amines) is 2. The van der Waals surface area contributed by atoms with Crippen molar-refractivity contribution < 1.29 is 4.74 Å². The first-order valence-corrected chi connectivity index (χ1v) is 13.3. The number of fused-ring (bicyclic) bond motifs is 3. The minimum absolute atomic E-state index is 0.278. The van der Waals surface area contributed by atoms with E-state index in [0.29, 0.717) is 30.0 Å². The number of hydrogen-bond acceptors (Lipinski definition) is 8. The van der Waals surface area contributed by atoms with Gasteiger partial charge in [-0.2, -0.15) is 10.1 Å². The van der Waals surface area contributed by atoms with E-state index >= 15 is 0 Å². The van der Waals surface area contributed by atoms with Crippen molar-refractivity contribution in [1.82, 2.24) is 29.5 Å². The molecule has 3 N–H and O–H groups in total. The lowest BCUT2D eigenvalue weighted by Crippen LogP contribution is -2.43. The van der Waals surface area contributed by atoms with Crippen LogP contribution in [0.5, 0.6) is 5.75 Å². The quantitative estimate of drug-likeness (QED) is 0.500. The molecule has 7 rings (SSSR count). The maximum absolute atomic E-state index is 6.03. The van der Waals surface area contributed by atoms with Gasteiger partial charge in [-0.25, -0.2) is 4.98 Å². The zero-order valence-electron chi connectivity index (χ0n) is 21.3. The predicted molar refractivity (Wildman–Crippen MR) is 140 cm³/mol. The largest absolute Gasteiger partial charge is 0.496 e. The van der Waals surface area contributed by atoms with Crippen LogP contribution in [0.15, 0.2) is 24.4 Å². The van der Waals surface area contributed by atoms with Crippen LogP contribution in [0, 0.1) is 11.3 Å². The summed E-state index contributed by atoms with van der Waals surface area (Å²) in [5.74, 6) is 2.67. The standard InChI is InChI=1S/C27H36N8O/c1-33-15-21-8-20(33)16-34(21)13-17-3-4-19(23(7-17)36-2)14-35-24-22(12-30-35)31-26(28)32-25(24)29-11-18-9-27(10-18)5-6-27/h3-4,7,12,18,20-21H,5-6,8-11,13-16H2,1-2H3,(H3,28,29,31,32)/t20-,21-/m1/s1. The van der Waals surface area contributed by atoms with Crippen LogP contribution in [0.3, 0.4) is 0 Å². The fraction of sp³-hybridized carbons (Fsp3) is 0.593. The summed E-state index contributed by atoms with van der Waals surface area (Å²) in [6.07, 6.45) is 8.57.